The summed E-state index contributed by atoms with van der Waals surface area (Å²) in [5.74, 6) is 6.37. The van der Waals surface area contributed by atoms with E-state index >= 15 is 0 Å². The number of amides is 1. The fourth-order valence-corrected chi connectivity index (χ4v) is 4.15. The summed E-state index contributed by atoms with van der Waals surface area (Å²) in [6, 6.07) is 13.5. The number of nitrogens with one attached hydrogen (secondary N) is 1. The zero-order valence-corrected chi connectivity index (χ0v) is 20.5. The van der Waals surface area contributed by atoms with Gasteiger partial charge >= 0.3 is 0 Å². The maximum atomic E-state index is 12.0. The summed E-state index contributed by atoms with van der Waals surface area (Å²) >= 11 is 0. The van der Waals surface area contributed by atoms with E-state index in [-0.39, 0.29) is 5.56 Å². The van der Waals surface area contributed by atoms with Gasteiger partial charge in [0.05, 0.1) is 11.3 Å². The molecule has 1 amide bonds. The Balaban J connectivity index is 1.32. The van der Waals surface area contributed by atoms with Crippen LogP contribution in [-0.4, -0.2) is 73.7 Å². The average Bonchev–Trinajstić information content (AvgIpc) is 3.48. The van der Waals surface area contributed by atoms with Crippen LogP contribution in [-0.2, 0) is 6.54 Å². The van der Waals surface area contributed by atoms with Crippen molar-refractivity contribution in [2.75, 3.05) is 33.2 Å². The lowest BCUT2D eigenvalue weighted by molar-refractivity contribution is 0.0706. The molecule has 37 heavy (non-hydrogen) atoms. The van der Waals surface area contributed by atoms with Crippen LogP contribution in [0.2, 0.25) is 0 Å². The molecular weight excluding hydrogens is 466 g/mol. The number of nitrogens with zero attached hydrogens (tertiary/aromatic N) is 6. The topological polar surface area (TPSA) is 99.4 Å². The first-order valence-electron chi connectivity index (χ1n) is 12.0. The third-order valence-corrected chi connectivity index (χ3v) is 6.33. The molecule has 1 saturated heterocycles. The molecule has 1 aliphatic rings. The van der Waals surface area contributed by atoms with Gasteiger partial charge in [0.1, 0.15) is 12.1 Å². The highest BCUT2D eigenvalue weighted by molar-refractivity contribution is 5.95. The van der Waals surface area contributed by atoms with Crippen molar-refractivity contribution in [3.05, 3.63) is 96.0 Å². The van der Waals surface area contributed by atoms with Gasteiger partial charge in [0.2, 0.25) is 0 Å². The van der Waals surface area contributed by atoms with Crippen LogP contribution in [0.3, 0.4) is 0 Å². The van der Waals surface area contributed by atoms with Gasteiger partial charge in [0.15, 0.2) is 0 Å². The number of imidazole rings is 1. The van der Waals surface area contributed by atoms with Crippen molar-refractivity contribution in [2.24, 2.45) is 0 Å². The van der Waals surface area contributed by atoms with Gasteiger partial charge in [-0.15, -0.1) is 0 Å². The molecule has 1 aromatic carbocycles. The highest BCUT2D eigenvalue weighted by Gasteiger charge is 2.15. The number of hydroxylamine groups is 1. The smallest absolute Gasteiger partial charge is 0.276 e. The Labute approximate surface area is 215 Å². The van der Waals surface area contributed by atoms with E-state index in [0.717, 1.165) is 60.7 Å². The molecular formula is C28H27N7O2. The van der Waals surface area contributed by atoms with Crippen molar-refractivity contribution in [2.45, 2.75) is 6.54 Å². The number of piperazine rings is 1. The second kappa shape index (κ2) is 11.1. The molecule has 4 heterocycles. The Kier molecular flexibility index (Phi) is 7.33. The van der Waals surface area contributed by atoms with Crippen LogP contribution in [0.5, 0.6) is 0 Å². The Hall–Kier alpha value is -4.36. The van der Waals surface area contributed by atoms with Gasteiger partial charge in [-0.25, -0.2) is 15.4 Å². The molecule has 3 aromatic heterocycles. The molecule has 0 aliphatic carbocycles. The molecule has 2 N–H and O–H groups in total. The lowest BCUT2D eigenvalue weighted by Crippen LogP contribution is -2.43. The molecule has 0 atom stereocenters. The first-order chi connectivity index (χ1) is 18.1. The first kappa shape index (κ1) is 24.3. The monoisotopic (exact) mass is 493 g/mol. The zero-order valence-electron chi connectivity index (χ0n) is 20.5. The highest BCUT2D eigenvalue weighted by atomic mass is 16.5. The van der Waals surface area contributed by atoms with Crippen molar-refractivity contribution >= 4 is 5.91 Å². The summed E-state index contributed by atoms with van der Waals surface area (Å²) in [6.07, 6.45) is 8.32. The summed E-state index contributed by atoms with van der Waals surface area (Å²) < 4.78 is 1.77. The molecule has 0 saturated carbocycles. The molecule has 0 unspecified atom stereocenters. The van der Waals surface area contributed by atoms with Crippen LogP contribution in [0, 0.1) is 11.8 Å². The second-order valence-corrected chi connectivity index (χ2v) is 8.95. The highest BCUT2D eigenvalue weighted by Crippen LogP contribution is 2.26. The largest absolute Gasteiger partial charge is 0.304 e. The minimum atomic E-state index is -0.628. The van der Waals surface area contributed by atoms with E-state index in [9.17, 15) is 4.79 Å². The van der Waals surface area contributed by atoms with Crippen LogP contribution in [0.1, 0.15) is 27.2 Å². The normalized spacial score (nSPS) is 14.1. The first-order valence-corrected chi connectivity index (χ1v) is 12.0. The predicted molar refractivity (Wildman–Crippen MR) is 139 cm³/mol. The van der Waals surface area contributed by atoms with Crippen LogP contribution in [0.4, 0.5) is 0 Å². The van der Waals surface area contributed by atoms with Crippen LogP contribution in [0.15, 0.2) is 73.6 Å². The van der Waals surface area contributed by atoms with Crippen LogP contribution in [0.25, 0.3) is 16.9 Å². The molecule has 0 radical (unpaired) electrons. The Morgan fingerprint density at radius 2 is 1.76 bits per heavy atom. The van der Waals surface area contributed by atoms with Gasteiger partial charge in [-0.05, 0) is 42.9 Å². The van der Waals surface area contributed by atoms with E-state index in [2.05, 4.69) is 43.6 Å². The standard InChI is InChI=1S/C28H27N7O2/c1-33-12-14-34(15-13-33)19-25-9-6-22(17-30-25)3-2-21-4-7-23(8-5-21)26-16-24(28(36)32-37)18-31-27(26)35-11-10-29-20-35/h4-11,16-18,20,37H,12-15,19H2,1H3,(H,32,36). The molecule has 4 aromatic rings. The summed E-state index contributed by atoms with van der Waals surface area (Å²) in [6.45, 7) is 5.17. The minimum absolute atomic E-state index is 0.244. The maximum Gasteiger partial charge on any atom is 0.276 e. The SMILES string of the molecule is CN1CCN(Cc2ccc(C#Cc3ccc(-c4cc(C(=O)NO)cnc4-n4ccnc4)cc3)cn2)CC1. The van der Waals surface area contributed by atoms with E-state index in [4.69, 9.17) is 5.21 Å². The third-order valence-electron chi connectivity index (χ3n) is 6.33. The van der Waals surface area contributed by atoms with E-state index < -0.39 is 5.91 Å². The second-order valence-electron chi connectivity index (χ2n) is 8.95. The van der Waals surface area contributed by atoms with E-state index in [0.29, 0.717) is 5.82 Å². The maximum absolute atomic E-state index is 12.0. The quantitative estimate of drug-likeness (QED) is 0.250. The number of benzene rings is 1. The molecule has 0 bridgehead atoms. The molecule has 186 valence electrons. The van der Waals surface area contributed by atoms with E-state index in [1.54, 1.807) is 34.8 Å². The lowest BCUT2D eigenvalue weighted by Gasteiger charge is -2.32. The van der Waals surface area contributed by atoms with Crippen molar-refractivity contribution in [3.63, 3.8) is 0 Å². The number of carbonyl (C=O) groups is 1. The van der Waals surface area contributed by atoms with Crippen LogP contribution < -0.4 is 5.48 Å². The fraction of sp³-hybridized carbons (Fsp3) is 0.214. The number of hydrogen-bond donors (Lipinski definition) is 2. The van der Waals surface area contributed by atoms with Gasteiger partial charge in [-0.3, -0.25) is 24.5 Å². The van der Waals surface area contributed by atoms with Gasteiger partial charge in [-0.1, -0.05) is 24.0 Å². The fourth-order valence-electron chi connectivity index (χ4n) is 4.15. The third kappa shape index (κ3) is 5.90. The predicted octanol–water partition coefficient (Wildman–Crippen LogP) is 2.60. The number of rotatable bonds is 5. The van der Waals surface area contributed by atoms with Crippen molar-refractivity contribution in [1.29, 1.82) is 0 Å². The minimum Gasteiger partial charge on any atom is -0.304 e. The number of hydrogen-bond acceptors (Lipinski definition) is 7. The molecule has 9 heteroatoms. The van der Waals surface area contributed by atoms with E-state index in [1.165, 1.54) is 6.20 Å². The summed E-state index contributed by atoms with van der Waals surface area (Å²) in [5.41, 5.74) is 6.24. The lowest BCUT2D eigenvalue weighted by atomic mass is 10.0. The Morgan fingerprint density at radius 1 is 1.00 bits per heavy atom. The van der Waals surface area contributed by atoms with Gasteiger partial charge < -0.3 is 4.90 Å². The molecule has 1 aliphatic heterocycles. The molecule has 5 rings (SSSR count). The van der Waals surface area contributed by atoms with E-state index in [1.807, 2.05) is 42.6 Å². The van der Waals surface area contributed by atoms with Crippen LogP contribution >= 0.6 is 0 Å². The van der Waals surface area contributed by atoms with Gasteiger partial charge in [-0.2, -0.15) is 0 Å². The zero-order chi connectivity index (χ0) is 25.6. The molecule has 1 fully saturated rings. The van der Waals surface area contributed by atoms with Gasteiger partial charge in [0, 0.05) is 74.2 Å². The molecule has 0 spiro atoms. The van der Waals surface area contributed by atoms with Gasteiger partial charge in [0.25, 0.3) is 5.91 Å². The number of likely N-dealkylation sites (N-methyl/N-ethyl adjacent to an activating group) is 1. The summed E-state index contributed by atoms with van der Waals surface area (Å²) in [7, 11) is 2.16. The number of aromatic nitrogens is 4. The van der Waals surface area contributed by atoms with Crippen molar-refractivity contribution in [1.82, 2.24) is 34.8 Å². The Bertz CT molecular complexity index is 1410. The summed E-state index contributed by atoms with van der Waals surface area (Å²) in [4.78, 5) is 29.8. The average molecular weight is 494 g/mol. The number of pyridine rings is 2. The number of carbonyl (C=O) groups excluding carboxylic acids is 1. The Morgan fingerprint density at radius 3 is 2.43 bits per heavy atom. The summed E-state index contributed by atoms with van der Waals surface area (Å²) in [5, 5.41) is 9.02. The van der Waals surface area contributed by atoms with Crippen molar-refractivity contribution in [3.8, 4) is 28.8 Å². The molecule has 9 nitrogen and oxygen atoms in total. The van der Waals surface area contributed by atoms with Crippen molar-refractivity contribution < 1.29 is 10.0 Å².